The summed E-state index contributed by atoms with van der Waals surface area (Å²) in [6.07, 6.45) is 1.98. The van der Waals surface area contributed by atoms with Gasteiger partial charge in [-0.3, -0.25) is 0 Å². The summed E-state index contributed by atoms with van der Waals surface area (Å²) in [6, 6.07) is 6.51. The van der Waals surface area contributed by atoms with Crippen LogP contribution in [-0.2, 0) is 5.41 Å². The van der Waals surface area contributed by atoms with Crippen LogP contribution in [0.3, 0.4) is 0 Å². The molecule has 0 aromatic heterocycles. The smallest absolute Gasteiger partial charge is 0.0824 e. The van der Waals surface area contributed by atoms with Crippen molar-refractivity contribution in [3.05, 3.63) is 28.8 Å². The van der Waals surface area contributed by atoms with E-state index in [1.165, 1.54) is 0 Å². The molecule has 2 N–H and O–H groups in total. The van der Waals surface area contributed by atoms with Crippen LogP contribution in [0.5, 0.6) is 0 Å². The molecule has 2 heteroatoms. The Kier molecular flexibility index (Phi) is 1.78. The molecule has 72 valence electrons. The number of nitriles is 1. The average Bonchev–Trinajstić information content (AvgIpc) is 2.94. The monoisotopic (exact) mass is 186 g/mol. The summed E-state index contributed by atoms with van der Waals surface area (Å²) in [5.74, 6) is 0. The predicted molar refractivity (Wildman–Crippen MR) is 56.9 cm³/mol. The van der Waals surface area contributed by atoms with Crippen LogP contribution in [0.15, 0.2) is 12.1 Å². The van der Waals surface area contributed by atoms with Crippen LogP contribution in [0.4, 0.5) is 5.69 Å². The van der Waals surface area contributed by atoms with Gasteiger partial charge in [-0.05, 0) is 43.4 Å². The summed E-state index contributed by atoms with van der Waals surface area (Å²) in [4.78, 5) is 0. The maximum atomic E-state index is 9.08. The number of nitrogens with two attached hydrogens (primary N) is 1. The molecule has 1 fully saturated rings. The van der Waals surface area contributed by atoms with Gasteiger partial charge < -0.3 is 5.73 Å². The van der Waals surface area contributed by atoms with E-state index in [0.717, 1.165) is 35.2 Å². The molecule has 0 aliphatic heterocycles. The molecule has 0 radical (unpaired) electrons. The summed E-state index contributed by atoms with van der Waals surface area (Å²) < 4.78 is 0. The number of nitrogens with zero attached hydrogens (tertiary/aromatic N) is 1. The van der Waals surface area contributed by atoms with Crippen molar-refractivity contribution in [3.8, 4) is 6.07 Å². The first-order valence-electron chi connectivity index (χ1n) is 4.87. The van der Waals surface area contributed by atoms with Crippen LogP contribution >= 0.6 is 0 Å². The summed E-state index contributed by atoms with van der Waals surface area (Å²) in [5, 5.41) is 9.08. The lowest BCUT2D eigenvalue weighted by atomic mass is 9.93. The van der Waals surface area contributed by atoms with Crippen LogP contribution in [0, 0.1) is 25.2 Å². The number of nitrogen functional groups attached to an aromatic ring is 1. The van der Waals surface area contributed by atoms with Gasteiger partial charge in [-0.2, -0.15) is 5.26 Å². The lowest BCUT2D eigenvalue weighted by molar-refractivity contribution is 0.904. The summed E-state index contributed by atoms with van der Waals surface area (Å²) in [7, 11) is 0. The van der Waals surface area contributed by atoms with Crippen LogP contribution < -0.4 is 5.73 Å². The molecule has 14 heavy (non-hydrogen) atoms. The lowest BCUT2D eigenvalue weighted by Gasteiger charge is -2.11. The molecule has 1 aromatic rings. The number of hydrogen-bond acceptors (Lipinski definition) is 2. The van der Waals surface area contributed by atoms with Gasteiger partial charge in [0.25, 0.3) is 0 Å². The van der Waals surface area contributed by atoms with Crippen molar-refractivity contribution in [1.82, 2.24) is 0 Å². The minimum Gasteiger partial charge on any atom is -0.398 e. The fraction of sp³-hybridized carbons (Fsp3) is 0.417. The van der Waals surface area contributed by atoms with Crippen molar-refractivity contribution in [3.63, 3.8) is 0 Å². The molecule has 1 aliphatic rings. The molecule has 1 aromatic carbocycles. The van der Waals surface area contributed by atoms with Crippen LogP contribution in [0.2, 0.25) is 0 Å². The third kappa shape index (κ3) is 1.17. The van der Waals surface area contributed by atoms with E-state index in [0.29, 0.717) is 0 Å². The maximum Gasteiger partial charge on any atom is 0.0824 e. The highest BCUT2D eigenvalue weighted by molar-refractivity contribution is 5.57. The Labute approximate surface area is 84.3 Å². The predicted octanol–water partition coefficient (Wildman–Crippen LogP) is 2.44. The quantitative estimate of drug-likeness (QED) is 0.685. The van der Waals surface area contributed by atoms with E-state index in [1.807, 2.05) is 13.8 Å². The third-order valence-corrected chi connectivity index (χ3v) is 3.11. The Morgan fingerprint density at radius 2 is 1.79 bits per heavy atom. The Hall–Kier alpha value is -1.49. The fourth-order valence-corrected chi connectivity index (χ4v) is 1.84. The van der Waals surface area contributed by atoms with Crippen LogP contribution in [0.25, 0.3) is 0 Å². The Morgan fingerprint density at radius 3 is 2.14 bits per heavy atom. The highest BCUT2D eigenvalue weighted by Crippen LogP contribution is 2.48. The second-order valence-corrected chi connectivity index (χ2v) is 4.22. The number of rotatable bonds is 1. The summed E-state index contributed by atoms with van der Waals surface area (Å²) >= 11 is 0. The van der Waals surface area contributed by atoms with Crippen molar-refractivity contribution in [2.24, 2.45) is 0 Å². The van der Waals surface area contributed by atoms with Gasteiger partial charge in [0, 0.05) is 5.69 Å². The molecule has 0 heterocycles. The molecule has 0 bridgehead atoms. The highest BCUT2D eigenvalue weighted by Gasteiger charge is 2.45. The molecule has 0 amide bonds. The Bertz CT molecular complexity index is 399. The van der Waals surface area contributed by atoms with E-state index >= 15 is 0 Å². The molecule has 2 nitrogen and oxygen atoms in total. The number of benzene rings is 1. The van der Waals surface area contributed by atoms with Crippen molar-refractivity contribution in [1.29, 1.82) is 5.26 Å². The number of hydrogen-bond donors (Lipinski definition) is 1. The van der Waals surface area contributed by atoms with E-state index in [1.54, 1.807) is 0 Å². The highest BCUT2D eigenvalue weighted by atomic mass is 14.6. The molecule has 0 saturated heterocycles. The fourth-order valence-electron chi connectivity index (χ4n) is 1.84. The molecule has 0 unspecified atom stereocenters. The van der Waals surface area contributed by atoms with Gasteiger partial charge in [0.2, 0.25) is 0 Å². The number of anilines is 1. The Morgan fingerprint density at radius 1 is 1.29 bits per heavy atom. The normalized spacial score (nSPS) is 17.5. The molecule has 0 atom stereocenters. The van der Waals surface area contributed by atoms with Gasteiger partial charge in [0.05, 0.1) is 11.5 Å². The van der Waals surface area contributed by atoms with E-state index < -0.39 is 0 Å². The minimum atomic E-state index is -0.191. The van der Waals surface area contributed by atoms with Crippen LogP contribution in [0.1, 0.15) is 29.5 Å². The first-order chi connectivity index (χ1) is 6.59. The molecular formula is C12H14N2. The number of aryl methyl sites for hydroxylation is 2. The molecule has 2 rings (SSSR count). The molecular weight excluding hydrogens is 172 g/mol. The maximum absolute atomic E-state index is 9.08. The van der Waals surface area contributed by atoms with Crippen molar-refractivity contribution < 1.29 is 0 Å². The van der Waals surface area contributed by atoms with Gasteiger partial charge in [-0.15, -0.1) is 0 Å². The SMILES string of the molecule is Cc1cc(C2(C#N)CC2)cc(C)c1N. The van der Waals surface area contributed by atoms with E-state index in [4.69, 9.17) is 11.0 Å². The first-order valence-corrected chi connectivity index (χ1v) is 4.87. The van der Waals surface area contributed by atoms with Crippen molar-refractivity contribution in [2.75, 3.05) is 5.73 Å². The second kappa shape index (κ2) is 2.75. The Balaban J connectivity index is 2.53. The minimum absolute atomic E-state index is 0.191. The van der Waals surface area contributed by atoms with Crippen LogP contribution in [-0.4, -0.2) is 0 Å². The van der Waals surface area contributed by atoms with Crippen molar-refractivity contribution >= 4 is 5.69 Å². The van der Waals surface area contributed by atoms with Gasteiger partial charge in [-0.25, -0.2) is 0 Å². The standard InChI is InChI=1S/C12H14N2/c1-8-5-10(6-9(2)11(8)14)12(7-13)3-4-12/h5-6H,3-4,14H2,1-2H3. The van der Waals surface area contributed by atoms with Gasteiger partial charge >= 0.3 is 0 Å². The van der Waals surface area contributed by atoms with Gasteiger partial charge in [-0.1, -0.05) is 12.1 Å². The van der Waals surface area contributed by atoms with Gasteiger partial charge in [0.1, 0.15) is 0 Å². The largest absolute Gasteiger partial charge is 0.398 e. The zero-order valence-electron chi connectivity index (χ0n) is 8.59. The van der Waals surface area contributed by atoms with Crippen molar-refractivity contribution in [2.45, 2.75) is 32.1 Å². The zero-order valence-corrected chi connectivity index (χ0v) is 8.59. The van der Waals surface area contributed by atoms with Gasteiger partial charge in [0.15, 0.2) is 0 Å². The lowest BCUT2D eigenvalue weighted by Crippen LogP contribution is -2.05. The van der Waals surface area contributed by atoms with E-state index in [9.17, 15) is 0 Å². The average molecular weight is 186 g/mol. The van der Waals surface area contributed by atoms with E-state index in [-0.39, 0.29) is 5.41 Å². The third-order valence-electron chi connectivity index (χ3n) is 3.11. The molecule has 0 spiro atoms. The second-order valence-electron chi connectivity index (χ2n) is 4.22. The first kappa shape index (κ1) is 9.08. The molecule has 1 aliphatic carbocycles. The van der Waals surface area contributed by atoms with E-state index in [2.05, 4.69) is 18.2 Å². The summed E-state index contributed by atoms with van der Waals surface area (Å²) in [5.41, 5.74) is 9.84. The summed E-state index contributed by atoms with van der Waals surface area (Å²) in [6.45, 7) is 4.00. The zero-order chi connectivity index (χ0) is 10.3. The molecule has 1 saturated carbocycles. The topological polar surface area (TPSA) is 49.8 Å².